The Bertz CT molecular complexity index is 319. The smallest absolute Gasteiger partial charge is 0.0325 e. The van der Waals surface area contributed by atoms with E-state index in [-0.39, 0.29) is 0 Å². The van der Waals surface area contributed by atoms with Crippen molar-refractivity contribution < 1.29 is 0 Å². The van der Waals surface area contributed by atoms with Crippen molar-refractivity contribution in [2.45, 2.75) is 51.6 Å². The van der Waals surface area contributed by atoms with Crippen molar-refractivity contribution >= 4 is 0 Å². The largest absolute Gasteiger partial charge is 0.307 e. The molecule has 1 fully saturated rings. The first-order valence-corrected chi connectivity index (χ1v) is 6.15. The summed E-state index contributed by atoms with van der Waals surface area (Å²) in [4.78, 5) is 0. The topological polar surface area (TPSA) is 12.0 Å². The first kappa shape index (κ1) is 10.7. The van der Waals surface area contributed by atoms with Crippen molar-refractivity contribution in [3.05, 3.63) is 35.4 Å². The van der Waals surface area contributed by atoms with Crippen LogP contribution in [-0.4, -0.2) is 6.04 Å². The van der Waals surface area contributed by atoms with E-state index in [9.17, 15) is 0 Å². The minimum absolute atomic E-state index is 0.588. The SMILES string of the molecule is CCc1ccccc1C1CCCC(C)N1. The summed E-state index contributed by atoms with van der Waals surface area (Å²) < 4.78 is 0. The first-order valence-electron chi connectivity index (χ1n) is 6.15. The van der Waals surface area contributed by atoms with Gasteiger partial charge < -0.3 is 5.32 Å². The Labute approximate surface area is 92.9 Å². The van der Waals surface area contributed by atoms with Crippen LogP contribution in [0.25, 0.3) is 0 Å². The predicted molar refractivity (Wildman–Crippen MR) is 65.0 cm³/mol. The molecule has 1 aromatic carbocycles. The van der Waals surface area contributed by atoms with Crippen LogP contribution in [0.5, 0.6) is 0 Å². The van der Waals surface area contributed by atoms with E-state index in [0.29, 0.717) is 12.1 Å². The lowest BCUT2D eigenvalue weighted by atomic mass is 9.90. The molecule has 82 valence electrons. The fraction of sp³-hybridized carbons (Fsp3) is 0.571. The van der Waals surface area contributed by atoms with Gasteiger partial charge in [-0.05, 0) is 37.3 Å². The van der Waals surface area contributed by atoms with Crippen LogP contribution in [0.15, 0.2) is 24.3 Å². The summed E-state index contributed by atoms with van der Waals surface area (Å²) in [6.07, 6.45) is 5.12. The van der Waals surface area contributed by atoms with Crippen LogP contribution in [0.3, 0.4) is 0 Å². The maximum atomic E-state index is 3.71. The predicted octanol–water partition coefficient (Wildman–Crippen LogP) is 3.45. The summed E-state index contributed by atoms with van der Waals surface area (Å²) in [6.45, 7) is 4.53. The van der Waals surface area contributed by atoms with Gasteiger partial charge in [0, 0.05) is 12.1 Å². The van der Waals surface area contributed by atoms with E-state index in [2.05, 4.69) is 43.4 Å². The van der Waals surface area contributed by atoms with Crippen molar-refractivity contribution in [1.29, 1.82) is 0 Å². The number of hydrogen-bond donors (Lipinski definition) is 1. The van der Waals surface area contributed by atoms with Crippen LogP contribution in [0.2, 0.25) is 0 Å². The lowest BCUT2D eigenvalue weighted by molar-refractivity contribution is 0.340. The molecule has 0 bridgehead atoms. The summed E-state index contributed by atoms with van der Waals surface area (Å²) in [7, 11) is 0. The second-order valence-corrected chi connectivity index (χ2v) is 4.60. The summed E-state index contributed by atoms with van der Waals surface area (Å²) in [5.74, 6) is 0. The summed E-state index contributed by atoms with van der Waals surface area (Å²) in [6, 6.07) is 10.1. The van der Waals surface area contributed by atoms with Gasteiger partial charge in [-0.3, -0.25) is 0 Å². The van der Waals surface area contributed by atoms with Gasteiger partial charge in [-0.1, -0.05) is 37.6 Å². The van der Waals surface area contributed by atoms with E-state index in [1.165, 1.54) is 30.4 Å². The molecule has 2 unspecified atom stereocenters. The monoisotopic (exact) mass is 203 g/mol. The molecule has 2 atom stereocenters. The third-order valence-corrected chi connectivity index (χ3v) is 3.43. The van der Waals surface area contributed by atoms with Gasteiger partial charge in [-0.2, -0.15) is 0 Å². The van der Waals surface area contributed by atoms with E-state index in [1.807, 2.05) is 0 Å². The number of hydrogen-bond acceptors (Lipinski definition) is 1. The molecule has 1 nitrogen and oxygen atoms in total. The molecule has 1 aliphatic heterocycles. The van der Waals surface area contributed by atoms with E-state index in [0.717, 1.165) is 6.42 Å². The van der Waals surface area contributed by atoms with Crippen LogP contribution in [-0.2, 0) is 6.42 Å². The highest BCUT2D eigenvalue weighted by Gasteiger charge is 2.20. The van der Waals surface area contributed by atoms with Gasteiger partial charge >= 0.3 is 0 Å². The minimum atomic E-state index is 0.588. The molecule has 1 heterocycles. The average molecular weight is 203 g/mol. The van der Waals surface area contributed by atoms with Crippen LogP contribution < -0.4 is 5.32 Å². The van der Waals surface area contributed by atoms with Crippen molar-refractivity contribution in [3.63, 3.8) is 0 Å². The van der Waals surface area contributed by atoms with Gasteiger partial charge in [0.1, 0.15) is 0 Å². The minimum Gasteiger partial charge on any atom is -0.307 e. The van der Waals surface area contributed by atoms with Crippen LogP contribution in [0.1, 0.15) is 50.3 Å². The Morgan fingerprint density at radius 1 is 1.27 bits per heavy atom. The molecule has 2 rings (SSSR count). The fourth-order valence-corrected chi connectivity index (χ4v) is 2.58. The van der Waals surface area contributed by atoms with E-state index >= 15 is 0 Å². The number of nitrogens with one attached hydrogen (secondary N) is 1. The molecule has 1 heteroatoms. The zero-order chi connectivity index (χ0) is 10.7. The molecule has 1 saturated heterocycles. The summed E-state index contributed by atoms with van der Waals surface area (Å²) in [5, 5.41) is 3.71. The van der Waals surface area contributed by atoms with Gasteiger partial charge in [0.25, 0.3) is 0 Å². The molecule has 0 radical (unpaired) electrons. The second kappa shape index (κ2) is 4.80. The molecule has 0 aromatic heterocycles. The Balaban J connectivity index is 2.20. The maximum Gasteiger partial charge on any atom is 0.0325 e. The number of rotatable bonds is 2. The first-order chi connectivity index (χ1) is 7.31. The molecular formula is C14H21N. The Kier molecular flexibility index (Phi) is 3.42. The van der Waals surface area contributed by atoms with Crippen LogP contribution in [0.4, 0.5) is 0 Å². The van der Waals surface area contributed by atoms with Gasteiger partial charge in [0.05, 0.1) is 0 Å². The summed E-state index contributed by atoms with van der Waals surface area (Å²) >= 11 is 0. The van der Waals surface area contributed by atoms with Crippen molar-refractivity contribution in [3.8, 4) is 0 Å². The molecule has 0 saturated carbocycles. The van der Waals surface area contributed by atoms with Crippen molar-refractivity contribution in [2.24, 2.45) is 0 Å². The lowest BCUT2D eigenvalue weighted by Crippen LogP contribution is -2.35. The lowest BCUT2D eigenvalue weighted by Gasteiger charge is -2.30. The highest BCUT2D eigenvalue weighted by atomic mass is 15.0. The fourth-order valence-electron chi connectivity index (χ4n) is 2.58. The third-order valence-electron chi connectivity index (χ3n) is 3.43. The Morgan fingerprint density at radius 2 is 2.07 bits per heavy atom. The van der Waals surface area contributed by atoms with Crippen LogP contribution in [0, 0.1) is 0 Å². The molecule has 0 aliphatic carbocycles. The second-order valence-electron chi connectivity index (χ2n) is 4.60. The number of piperidine rings is 1. The summed E-state index contributed by atoms with van der Waals surface area (Å²) in [5.41, 5.74) is 3.02. The molecule has 0 amide bonds. The number of aryl methyl sites for hydroxylation is 1. The quantitative estimate of drug-likeness (QED) is 0.776. The molecule has 1 aliphatic rings. The third kappa shape index (κ3) is 2.40. The molecule has 1 aromatic rings. The van der Waals surface area contributed by atoms with Gasteiger partial charge in [0.15, 0.2) is 0 Å². The standard InChI is InChI=1S/C14H21N/c1-3-12-8-4-5-9-13(12)14-10-6-7-11(2)15-14/h4-5,8-9,11,14-15H,3,6-7,10H2,1-2H3. The molecule has 0 spiro atoms. The maximum absolute atomic E-state index is 3.71. The van der Waals surface area contributed by atoms with Crippen molar-refractivity contribution in [2.75, 3.05) is 0 Å². The zero-order valence-electron chi connectivity index (χ0n) is 9.79. The highest BCUT2D eigenvalue weighted by Crippen LogP contribution is 2.27. The molecule has 1 N–H and O–H groups in total. The van der Waals surface area contributed by atoms with Gasteiger partial charge in [-0.25, -0.2) is 0 Å². The van der Waals surface area contributed by atoms with E-state index < -0.39 is 0 Å². The number of benzene rings is 1. The molecule has 15 heavy (non-hydrogen) atoms. The Morgan fingerprint density at radius 3 is 2.80 bits per heavy atom. The average Bonchev–Trinajstić information content (AvgIpc) is 2.29. The zero-order valence-corrected chi connectivity index (χ0v) is 9.79. The molecular weight excluding hydrogens is 182 g/mol. The highest BCUT2D eigenvalue weighted by molar-refractivity contribution is 5.30. The Hall–Kier alpha value is -0.820. The van der Waals surface area contributed by atoms with E-state index in [1.54, 1.807) is 0 Å². The van der Waals surface area contributed by atoms with Crippen LogP contribution >= 0.6 is 0 Å². The van der Waals surface area contributed by atoms with E-state index in [4.69, 9.17) is 0 Å². The van der Waals surface area contributed by atoms with Gasteiger partial charge in [0.2, 0.25) is 0 Å². The van der Waals surface area contributed by atoms with Gasteiger partial charge in [-0.15, -0.1) is 0 Å². The van der Waals surface area contributed by atoms with Crippen molar-refractivity contribution in [1.82, 2.24) is 5.32 Å². The normalized spacial score (nSPS) is 26.5.